The zero-order valence-electron chi connectivity index (χ0n) is 10.0. The van der Waals surface area contributed by atoms with Crippen molar-refractivity contribution in [2.24, 2.45) is 0 Å². The predicted octanol–water partition coefficient (Wildman–Crippen LogP) is 2.67. The smallest absolute Gasteiger partial charge is 0.133 e. The average molecular weight is 226 g/mol. The highest BCUT2D eigenvalue weighted by Crippen LogP contribution is 2.10. The molecule has 0 aromatic rings. The van der Waals surface area contributed by atoms with Crippen molar-refractivity contribution in [2.75, 3.05) is 13.2 Å². The minimum atomic E-state index is 0.251. The van der Waals surface area contributed by atoms with Gasteiger partial charge in [-0.2, -0.15) is 0 Å². The van der Waals surface area contributed by atoms with Crippen LogP contribution in [0.5, 0.6) is 0 Å². The third-order valence-corrected chi connectivity index (χ3v) is 2.92. The Morgan fingerprint density at radius 3 is 1.62 bits per heavy atom. The number of hydrogen-bond acceptors (Lipinski definition) is 3. The zero-order chi connectivity index (χ0) is 11.6. The number of rotatable bonds is 0. The number of carbonyl (C=O) groups is 2. The van der Waals surface area contributed by atoms with Crippen LogP contribution in [0, 0.1) is 0 Å². The summed E-state index contributed by atoms with van der Waals surface area (Å²) in [6, 6.07) is 0. The summed E-state index contributed by atoms with van der Waals surface area (Å²) in [4.78, 5) is 21.4. The zero-order valence-corrected chi connectivity index (χ0v) is 10.0. The maximum Gasteiger partial charge on any atom is 0.133 e. The first kappa shape index (κ1) is 13.4. The summed E-state index contributed by atoms with van der Waals surface area (Å²) >= 11 is 0. The van der Waals surface area contributed by atoms with E-state index in [-0.39, 0.29) is 11.6 Å². The molecule has 92 valence electrons. The standard InChI is InChI=1S/C7H10O2.C6H12O/c8-6-2-1-3-7(9)5-4-6;1-2-4-6-7-5-3-1/h1-5H2;1-6H2. The molecule has 0 atom stereocenters. The number of carbonyl (C=O) groups excluding carboxylic acids is 2. The Bertz CT molecular complexity index is 188. The molecule has 0 unspecified atom stereocenters. The lowest BCUT2D eigenvalue weighted by molar-refractivity contribution is -0.122. The van der Waals surface area contributed by atoms with Crippen molar-refractivity contribution in [1.82, 2.24) is 0 Å². The molecule has 0 bridgehead atoms. The van der Waals surface area contributed by atoms with Gasteiger partial charge in [-0.05, 0) is 19.3 Å². The Morgan fingerprint density at radius 2 is 1.12 bits per heavy atom. The lowest BCUT2D eigenvalue weighted by Gasteiger charge is -1.91. The van der Waals surface area contributed by atoms with Gasteiger partial charge < -0.3 is 4.74 Å². The van der Waals surface area contributed by atoms with Crippen LogP contribution in [0.4, 0.5) is 0 Å². The fraction of sp³-hybridized carbons (Fsp3) is 0.846. The summed E-state index contributed by atoms with van der Waals surface area (Å²) in [5.41, 5.74) is 0. The molecule has 1 heterocycles. The van der Waals surface area contributed by atoms with Crippen LogP contribution in [-0.2, 0) is 14.3 Å². The first-order valence-electron chi connectivity index (χ1n) is 6.40. The highest BCUT2D eigenvalue weighted by atomic mass is 16.5. The molecule has 0 N–H and O–H groups in total. The van der Waals surface area contributed by atoms with Gasteiger partial charge in [0.05, 0.1) is 0 Å². The molecular weight excluding hydrogens is 204 g/mol. The number of ketones is 2. The first-order valence-corrected chi connectivity index (χ1v) is 6.40. The van der Waals surface area contributed by atoms with E-state index >= 15 is 0 Å². The Hall–Kier alpha value is -0.700. The molecule has 2 aliphatic rings. The molecule has 16 heavy (non-hydrogen) atoms. The lowest BCUT2D eigenvalue weighted by Crippen LogP contribution is -1.95. The van der Waals surface area contributed by atoms with Crippen LogP contribution in [0.3, 0.4) is 0 Å². The highest BCUT2D eigenvalue weighted by Gasteiger charge is 2.11. The molecule has 0 radical (unpaired) electrons. The Kier molecular flexibility index (Phi) is 7.06. The summed E-state index contributed by atoms with van der Waals surface area (Å²) < 4.78 is 5.19. The SMILES string of the molecule is C1CCCOCC1.O=C1CCCC(=O)CC1. The molecule has 0 aromatic heterocycles. The summed E-state index contributed by atoms with van der Waals surface area (Å²) in [6.07, 6.45) is 8.28. The van der Waals surface area contributed by atoms with Crippen LogP contribution in [0.15, 0.2) is 0 Å². The predicted molar refractivity (Wildman–Crippen MR) is 62.4 cm³/mol. The minimum absolute atomic E-state index is 0.251. The van der Waals surface area contributed by atoms with Crippen molar-refractivity contribution in [1.29, 1.82) is 0 Å². The molecule has 2 rings (SSSR count). The lowest BCUT2D eigenvalue weighted by atomic mass is 10.2. The van der Waals surface area contributed by atoms with Gasteiger partial charge in [-0.15, -0.1) is 0 Å². The van der Waals surface area contributed by atoms with Gasteiger partial charge >= 0.3 is 0 Å². The number of hydrogen-bond donors (Lipinski definition) is 0. The van der Waals surface area contributed by atoms with E-state index in [1.54, 1.807) is 0 Å². The topological polar surface area (TPSA) is 43.4 Å². The van der Waals surface area contributed by atoms with E-state index in [1.165, 1.54) is 25.7 Å². The molecule has 2 fully saturated rings. The van der Waals surface area contributed by atoms with E-state index in [0.29, 0.717) is 25.7 Å². The van der Waals surface area contributed by atoms with E-state index in [1.807, 2.05) is 0 Å². The van der Waals surface area contributed by atoms with Crippen molar-refractivity contribution in [3.05, 3.63) is 0 Å². The molecule has 1 saturated carbocycles. The van der Waals surface area contributed by atoms with Crippen molar-refractivity contribution in [2.45, 2.75) is 57.8 Å². The second kappa shape index (κ2) is 8.45. The van der Waals surface area contributed by atoms with Crippen LogP contribution in [0.1, 0.15) is 57.8 Å². The molecular formula is C13H22O3. The maximum atomic E-state index is 10.7. The Morgan fingerprint density at radius 1 is 0.625 bits per heavy atom. The summed E-state index contributed by atoms with van der Waals surface area (Å²) in [6.45, 7) is 2.00. The quantitative estimate of drug-likeness (QED) is 0.596. The van der Waals surface area contributed by atoms with Gasteiger partial charge in [-0.3, -0.25) is 9.59 Å². The molecule has 0 aromatic carbocycles. The van der Waals surface area contributed by atoms with Gasteiger partial charge in [0.25, 0.3) is 0 Å². The van der Waals surface area contributed by atoms with Gasteiger partial charge in [-0.1, -0.05) is 12.8 Å². The van der Waals surface area contributed by atoms with E-state index in [4.69, 9.17) is 4.74 Å². The van der Waals surface area contributed by atoms with Crippen molar-refractivity contribution in [3.63, 3.8) is 0 Å². The van der Waals surface area contributed by atoms with E-state index in [9.17, 15) is 9.59 Å². The van der Waals surface area contributed by atoms with Crippen molar-refractivity contribution >= 4 is 11.6 Å². The van der Waals surface area contributed by atoms with Crippen LogP contribution >= 0.6 is 0 Å². The monoisotopic (exact) mass is 226 g/mol. The average Bonchev–Trinajstić information content (AvgIpc) is 2.66. The van der Waals surface area contributed by atoms with Crippen LogP contribution in [-0.4, -0.2) is 24.8 Å². The van der Waals surface area contributed by atoms with E-state index < -0.39 is 0 Å². The fourth-order valence-corrected chi connectivity index (χ4v) is 1.88. The van der Waals surface area contributed by atoms with Crippen LogP contribution < -0.4 is 0 Å². The first-order chi connectivity index (χ1) is 7.79. The largest absolute Gasteiger partial charge is 0.381 e. The minimum Gasteiger partial charge on any atom is -0.381 e. The molecule has 0 spiro atoms. The third-order valence-electron chi connectivity index (χ3n) is 2.92. The van der Waals surface area contributed by atoms with Crippen molar-refractivity contribution in [3.8, 4) is 0 Å². The summed E-state index contributed by atoms with van der Waals surface area (Å²) in [5, 5.41) is 0. The number of ether oxygens (including phenoxy) is 1. The van der Waals surface area contributed by atoms with Gasteiger partial charge in [0.15, 0.2) is 0 Å². The highest BCUT2D eigenvalue weighted by molar-refractivity contribution is 5.88. The second-order valence-corrected chi connectivity index (χ2v) is 4.46. The van der Waals surface area contributed by atoms with E-state index in [0.717, 1.165) is 19.6 Å². The normalized spacial score (nSPS) is 22.8. The van der Waals surface area contributed by atoms with Crippen LogP contribution in [0.2, 0.25) is 0 Å². The molecule has 0 amide bonds. The molecule has 1 aliphatic carbocycles. The fourth-order valence-electron chi connectivity index (χ4n) is 1.88. The van der Waals surface area contributed by atoms with Gasteiger partial charge in [0, 0.05) is 38.9 Å². The molecule has 1 saturated heterocycles. The maximum absolute atomic E-state index is 10.7. The van der Waals surface area contributed by atoms with Crippen molar-refractivity contribution < 1.29 is 14.3 Å². The van der Waals surface area contributed by atoms with Gasteiger partial charge in [0.2, 0.25) is 0 Å². The van der Waals surface area contributed by atoms with Gasteiger partial charge in [0.1, 0.15) is 11.6 Å². The molecule has 1 aliphatic heterocycles. The Labute approximate surface area is 97.5 Å². The molecule has 3 nitrogen and oxygen atoms in total. The van der Waals surface area contributed by atoms with E-state index in [2.05, 4.69) is 0 Å². The molecule has 3 heteroatoms. The second-order valence-electron chi connectivity index (χ2n) is 4.46. The summed E-state index contributed by atoms with van der Waals surface area (Å²) in [5.74, 6) is 0.502. The van der Waals surface area contributed by atoms with Gasteiger partial charge in [-0.25, -0.2) is 0 Å². The van der Waals surface area contributed by atoms with Crippen LogP contribution in [0.25, 0.3) is 0 Å². The number of Topliss-reactive ketones (excluding diaryl/α,β-unsaturated/α-hetero) is 2. The third kappa shape index (κ3) is 6.72. The summed E-state index contributed by atoms with van der Waals surface area (Å²) in [7, 11) is 0. The Balaban J connectivity index is 0.000000165.